The van der Waals surface area contributed by atoms with Gasteiger partial charge in [0.05, 0.1) is 65.8 Å². The Labute approximate surface area is 262 Å². The Morgan fingerprint density at radius 1 is 0.978 bits per heavy atom. The minimum Gasteiger partial charge on any atom is -0.493 e. The molecule has 0 spiro atoms. The van der Waals surface area contributed by atoms with E-state index in [1.54, 1.807) is 66.0 Å². The maximum atomic E-state index is 14.4. The fourth-order valence-corrected chi connectivity index (χ4v) is 7.12. The number of ether oxygens (including phenoxy) is 2. The van der Waals surface area contributed by atoms with Crippen molar-refractivity contribution in [3.8, 4) is 17.6 Å². The molecule has 0 bridgehead atoms. The van der Waals surface area contributed by atoms with Crippen molar-refractivity contribution in [3.63, 3.8) is 0 Å². The van der Waals surface area contributed by atoms with Gasteiger partial charge in [0.1, 0.15) is 6.04 Å². The summed E-state index contributed by atoms with van der Waals surface area (Å²) in [6.07, 6.45) is 0. The molecular weight excluding hydrogens is 596 g/mol. The molecule has 12 heteroatoms. The number of nitriles is 1. The van der Waals surface area contributed by atoms with Crippen molar-refractivity contribution in [3.05, 3.63) is 121 Å². The van der Waals surface area contributed by atoms with Gasteiger partial charge < -0.3 is 14.4 Å². The molecule has 3 amide bonds. The van der Waals surface area contributed by atoms with Gasteiger partial charge in [-0.05, 0) is 40.8 Å². The lowest BCUT2D eigenvalue weighted by atomic mass is 9.76. The second kappa shape index (κ2) is 11.9. The Balaban J connectivity index is 1.60. The molecule has 2 aliphatic heterocycles. The van der Waals surface area contributed by atoms with Gasteiger partial charge in [0.15, 0.2) is 17.3 Å². The molecule has 1 aromatic heterocycles. The quantitative estimate of drug-likeness (QED) is 0.0999. The summed E-state index contributed by atoms with van der Waals surface area (Å²) in [5.74, 6) is -2.60. The fraction of sp³-hybridized carbons (Fsp3) is 0.212. The number of urea groups is 1. The first kappa shape index (κ1) is 29.5. The number of benzene rings is 3. The fourth-order valence-electron chi connectivity index (χ4n) is 6.41. The molecule has 3 heterocycles. The molecule has 2 fully saturated rings. The number of Topliss-reactive ketones (excluding diaryl/α,β-unsaturated/α-hetero) is 1. The van der Waals surface area contributed by atoms with Gasteiger partial charge >= 0.3 is 6.03 Å². The highest BCUT2D eigenvalue weighted by Gasteiger charge is 2.64. The highest BCUT2D eigenvalue weighted by molar-refractivity contribution is 7.12. The maximum absolute atomic E-state index is 14.4. The van der Waals surface area contributed by atoms with Crippen molar-refractivity contribution >= 4 is 34.7 Å². The van der Waals surface area contributed by atoms with Crippen molar-refractivity contribution in [2.24, 2.45) is 5.92 Å². The number of methoxy groups -OCH3 is 2. The van der Waals surface area contributed by atoms with Crippen LogP contribution in [0.15, 0.2) is 84.2 Å². The van der Waals surface area contributed by atoms with Gasteiger partial charge in [-0.3, -0.25) is 24.6 Å². The standard InChI is InChI=1S/C33H26N4O7S/c1-43-24-15-22(23(37(41)42)16-25(24)44-2)29-28(31(38)26-9-6-14-45-26)27(21-12-10-19(17-34)11-13-21)30-32(39)35(33(40)36(29)30)18-20-7-4-3-5-8-20/h3-16,27-30H,18H2,1-2H3. The number of ketones is 1. The first-order valence-electron chi connectivity index (χ1n) is 13.9. The molecule has 11 nitrogen and oxygen atoms in total. The normalized spacial score (nSPS) is 20.6. The average Bonchev–Trinajstić information content (AvgIpc) is 3.78. The molecule has 3 aromatic carbocycles. The molecule has 4 atom stereocenters. The van der Waals surface area contributed by atoms with Crippen molar-refractivity contribution in [2.45, 2.75) is 24.5 Å². The molecule has 0 radical (unpaired) electrons. The first-order valence-corrected chi connectivity index (χ1v) is 14.8. The zero-order valence-electron chi connectivity index (χ0n) is 24.2. The minimum absolute atomic E-state index is 0.0180. The first-order chi connectivity index (χ1) is 21.8. The second-order valence-electron chi connectivity index (χ2n) is 10.6. The van der Waals surface area contributed by atoms with Crippen molar-refractivity contribution < 1.29 is 28.8 Å². The van der Waals surface area contributed by atoms with Gasteiger partial charge in [-0.2, -0.15) is 5.26 Å². The molecule has 0 saturated carbocycles. The number of rotatable bonds is 9. The number of carbonyl (C=O) groups is 3. The number of hydrogen-bond acceptors (Lipinski definition) is 9. The van der Waals surface area contributed by atoms with E-state index in [-0.39, 0.29) is 35.1 Å². The summed E-state index contributed by atoms with van der Waals surface area (Å²) in [6, 6.07) is 20.5. The van der Waals surface area contributed by atoms with Gasteiger partial charge in [-0.15, -0.1) is 11.3 Å². The van der Waals surface area contributed by atoms with E-state index < -0.39 is 40.8 Å². The van der Waals surface area contributed by atoms with Crippen molar-refractivity contribution in [1.29, 1.82) is 5.26 Å². The van der Waals surface area contributed by atoms with Crippen LogP contribution < -0.4 is 9.47 Å². The summed E-state index contributed by atoms with van der Waals surface area (Å²) in [4.78, 5) is 57.8. The Morgan fingerprint density at radius 2 is 1.67 bits per heavy atom. The largest absolute Gasteiger partial charge is 0.493 e. The number of carbonyl (C=O) groups excluding carboxylic acids is 3. The van der Waals surface area contributed by atoms with Crippen LogP contribution in [0.2, 0.25) is 0 Å². The lowest BCUT2D eigenvalue weighted by Gasteiger charge is -2.29. The van der Waals surface area contributed by atoms with Gasteiger partial charge in [0, 0.05) is 5.92 Å². The topological polar surface area (TPSA) is 143 Å². The van der Waals surface area contributed by atoms with Crippen LogP contribution in [0.25, 0.3) is 0 Å². The Morgan fingerprint density at radius 3 is 2.27 bits per heavy atom. The number of nitro benzene ring substituents is 1. The maximum Gasteiger partial charge on any atom is 0.328 e. The molecule has 45 heavy (non-hydrogen) atoms. The van der Waals surface area contributed by atoms with Gasteiger partial charge in [0.25, 0.3) is 11.6 Å². The lowest BCUT2D eigenvalue weighted by Crippen LogP contribution is -2.38. The smallest absolute Gasteiger partial charge is 0.328 e. The highest BCUT2D eigenvalue weighted by atomic mass is 32.1. The summed E-state index contributed by atoms with van der Waals surface area (Å²) >= 11 is 1.20. The molecule has 0 aliphatic carbocycles. The van der Waals surface area contributed by atoms with Crippen LogP contribution in [0.4, 0.5) is 10.5 Å². The van der Waals surface area contributed by atoms with Crippen LogP contribution in [-0.4, -0.2) is 52.7 Å². The third-order valence-electron chi connectivity index (χ3n) is 8.36. The average molecular weight is 623 g/mol. The number of fused-ring (bicyclic) bond motifs is 1. The van der Waals surface area contributed by atoms with E-state index in [9.17, 15) is 29.8 Å². The zero-order chi connectivity index (χ0) is 31.8. The summed E-state index contributed by atoms with van der Waals surface area (Å²) in [7, 11) is 2.73. The summed E-state index contributed by atoms with van der Waals surface area (Å²) in [5, 5.41) is 23.7. The van der Waals surface area contributed by atoms with Gasteiger partial charge in [-0.25, -0.2) is 4.79 Å². The third kappa shape index (κ3) is 4.97. The van der Waals surface area contributed by atoms with E-state index in [0.717, 1.165) is 10.5 Å². The predicted octanol–water partition coefficient (Wildman–Crippen LogP) is 5.72. The van der Waals surface area contributed by atoms with Crippen LogP contribution in [-0.2, 0) is 11.3 Å². The predicted molar refractivity (Wildman–Crippen MR) is 163 cm³/mol. The minimum atomic E-state index is -1.22. The van der Waals surface area contributed by atoms with Crippen LogP contribution in [0, 0.1) is 27.4 Å². The highest BCUT2D eigenvalue weighted by Crippen LogP contribution is 2.56. The molecule has 226 valence electrons. The SMILES string of the molecule is COc1cc(C2C(C(=O)c3cccs3)C(c3ccc(C#N)cc3)C3C(=O)N(Cc4ccccc4)C(=O)N32)c([N+](=O)[O-])cc1OC. The number of hydrogen-bond donors (Lipinski definition) is 0. The second-order valence-corrected chi connectivity index (χ2v) is 11.6. The lowest BCUT2D eigenvalue weighted by molar-refractivity contribution is -0.386. The number of thiophene rings is 1. The number of imide groups is 1. The third-order valence-corrected chi connectivity index (χ3v) is 9.25. The molecule has 4 aromatic rings. The van der Waals surface area contributed by atoms with E-state index in [0.29, 0.717) is 16.0 Å². The monoisotopic (exact) mass is 622 g/mol. The van der Waals surface area contributed by atoms with Crippen LogP contribution in [0.5, 0.6) is 11.5 Å². The Hall–Kier alpha value is -5.54. The van der Waals surface area contributed by atoms with Crippen LogP contribution >= 0.6 is 11.3 Å². The zero-order valence-corrected chi connectivity index (χ0v) is 25.0. The van der Waals surface area contributed by atoms with E-state index in [2.05, 4.69) is 6.07 Å². The summed E-state index contributed by atoms with van der Waals surface area (Å²) in [5.41, 5.74) is 1.29. The number of nitro groups is 1. The summed E-state index contributed by atoms with van der Waals surface area (Å²) in [6.45, 7) is -0.0180. The van der Waals surface area contributed by atoms with Gasteiger partial charge in [0.2, 0.25) is 0 Å². The molecule has 0 N–H and O–H groups in total. The molecule has 2 saturated heterocycles. The Bertz CT molecular complexity index is 1840. The molecule has 2 aliphatic rings. The van der Waals surface area contributed by atoms with E-state index in [1.807, 2.05) is 6.07 Å². The Kier molecular flexibility index (Phi) is 7.78. The van der Waals surface area contributed by atoms with Crippen LogP contribution in [0.1, 0.15) is 43.9 Å². The van der Waals surface area contributed by atoms with Crippen molar-refractivity contribution in [1.82, 2.24) is 9.80 Å². The summed E-state index contributed by atoms with van der Waals surface area (Å²) < 4.78 is 10.8. The van der Waals surface area contributed by atoms with E-state index >= 15 is 0 Å². The van der Waals surface area contributed by atoms with Gasteiger partial charge in [-0.1, -0.05) is 48.5 Å². The van der Waals surface area contributed by atoms with Crippen LogP contribution in [0.3, 0.4) is 0 Å². The molecule has 4 unspecified atom stereocenters. The molecule has 6 rings (SSSR count). The number of nitrogens with zero attached hydrogens (tertiary/aromatic N) is 4. The van der Waals surface area contributed by atoms with E-state index in [1.165, 1.54) is 42.6 Å². The van der Waals surface area contributed by atoms with E-state index in [4.69, 9.17) is 9.47 Å². The van der Waals surface area contributed by atoms with Crippen molar-refractivity contribution in [2.75, 3.05) is 14.2 Å². The molecular formula is C33H26N4O7S. The number of amides is 3.